The van der Waals surface area contributed by atoms with Crippen LogP contribution < -0.4 is 5.32 Å². The number of aromatic nitrogens is 2. The SMILES string of the molecule is COC(=O)NC(C(=O)N1CCCC1c1ncc(-c2ccc3occc3c2)[nH]1)C(C)C. The van der Waals surface area contributed by atoms with Crippen molar-refractivity contribution in [2.24, 2.45) is 5.92 Å². The number of hydrogen-bond donors (Lipinski definition) is 2. The zero-order valence-electron chi connectivity index (χ0n) is 17.3. The third-order valence-corrected chi connectivity index (χ3v) is 5.60. The van der Waals surface area contributed by atoms with Crippen molar-refractivity contribution in [3.8, 4) is 11.3 Å². The second kappa shape index (κ2) is 8.22. The van der Waals surface area contributed by atoms with Crippen LogP contribution >= 0.6 is 0 Å². The molecule has 0 radical (unpaired) electrons. The van der Waals surface area contributed by atoms with Gasteiger partial charge in [0.2, 0.25) is 5.91 Å². The Morgan fingerprint density at radius 3 is 2.93 bits per heavy atom. The Hall–Kier alpha value is -3.29. The maximum atomic E-state index is 13.2. The molecule has 3 heterocycles. The van der Waals surface area contributed by atoms with Gasteiger partial charge < -0.3 is 24.4 Å². The Balaban J connectivity index is 1.56. The minimum Gasteiger partial charge on any atom is -0.464 e. The van der Waals surface area contributed by atoms with Crippen LogP contribution in [0.3, 0.4) is 0 Å². The summed E-state index contributed by atoms with van der Waals surface area (Å²) in [5, 5.41) is 3.69. The van der Waals surface area contributed by atoms with Crippen molar-refractivity contribution in [2.75, 3.05) is 13.7 Å². The smallest absolute Gasteiger partial charge is 0.407 e. The Kier molecular flexibility index (Phi) is 5.48. The van der Waals surface area contributed by atoms with E-state index in [0.29, 0.717) is 6.54 Å². The van der Waals surface area contributed by atoms with Gasteiger partial charge in [0.05, 0.1) is 31.3 Å². The van der Waals surface area contributed by atoms with Gasteiger partial charge in [0.1, 0.15) is 17.4 Å². The second-order valence-corrected chi connectivity index (χ2v) is 7.90. The Morgan fingerprint density at radius 2 is 2.17 bits per heavy atom. The lowest BCUT2D eigenvalue weighted by atomic mass is 10.0. The van der Waals surface area contributed by atoms with Gasteiger partial charge in [-0.15, -0.1) is 0 Å². The summed E-state index contributed by atoms with van der Waals surface area (Å²) >= 11 is 0. The van der Waals surface area contributed by atoms with Gasteiger partial charge in [-0.3, -0.25) is 4.79 Å². The molecule has 2 N–H and O–H groups in total. The largest absolute Gasteiger partial charge is 0.464 e. The highest BCUT2D eigenvalue weighted by Crippen LogP contribution is 2.33. The molecule has 1 saturated heterocycles. The number of alkyl carbamates (subject to hydrolysis) is 1. The summed E-state index contributed by atoms with van der Waals surface area (Å²) in [5.41, 5.74) is 2.73. The quantitative estimate of drug-likeness (QED) is 0.665. The van der Waals surface area contributed by atoms with Crippen molar-refractivity contribution in [1.29, 1.82) is 0 Å². The molecular formula is C22H26N4O4. The first-order valence-corrected chi connectivity index (χ1v) is 10.2. The van der Waals surface area contributed by atoms with E-state index < -0.39 is 12.1 Å². The number of fused-ring (bicyclic) bond motifs is 1. The number of benzene rings is 1. The fourth-order valence-corrected chi connectivity index (χ4v) is 3.98. The van der Waals surface area contributed by atoms with E-state index in [1.165, 1.54) is 7.11 Å². The topological polar surface area (TPSA) is 100 Å². The summed E-state index contributed by atoms with van der Waals surface area (Å²) in [7, 11) is 1.29. The number of nitrogens with one attached hydrogen (secondary N) is 2. The van der Waals surface area contributed by atoms with Crippen molar-refractivity contribution in [1.82, 2.24) is 20.2 Å². The molecule has 0 saturated carbocycles. The molecule has 0 spiro atoms. The summed E-state index contributed by atoms with van der Waals surface area (Å²) in [5.74, 6) is 0.575. The van der Waals surface area contributed by atoms with Crippen molar-refractivity contribution in [3.63, 3.8) is 0 Å². The number of ether oxygens (including phenoxy) is 1. The van der Waals surface area contributed by atoms with Crippen molar-refractivity contribution < 1.29 is 18.7 Å². The number of H-pyrrole nitrogens is 1. The molecule has 4 rings (SSSR count). The minimum atomic E-state index is -0.643. The van der Waals surface area contributed by atoms with Crippen molar-refractivity contribution >= 4 is 23.0 Å². The molecule has 8 nitrogen and oxygen atoms in total. The molecule has 8 heteroatoms. The number of rotatable bonds is 5. The maximum absolute atomic E-state index is 13.2. The average Bonchev–Trinajstić information content (AvgIpc) is 3.49. The molecule has 2 atom stereocenters. The predicted octanol–water partition coefficient (Wildman–Crippen LogP) is 3.87. The zero-order valence-corrected chi connectivity index (χ0v) is 17.3. The Morgan fingerprint density at radius 1 is 1.33 bits per heavy atom. The first-order chi connectivity index (χ1) is 14.5. The number of methoxy groups -OCH3 is 1. The molecule has 30 heavy (non-hydrogen) atoms. The molecule has 158 valence electrons. The van der Waals surface area contributed by atoms with E-state index in [1.807, 2.05) is 43.0 Å². The van der Waals surface area contributed by atoms with E-state index in [-0.39, 0.29) is 17.9 Å². The van der Waals surface area contributed by atoms with Crippen LogP contribution in [0.5, 0.6) is 0 Å². The van der Waals surface area contributed by atoms with E-state index in [4.69, 9.17) is 4.42 Å². The van der Waals surface area contributed by atoms with Crippen LogP contribution in [0.25, 0.3) is 22.2 Å². The van der Waals surface area contributed by atoms with E-state index in [9.17, 15) is 9.59 Å². The lowest BCUT2D eigenvalue weighted by molar-refractivity contribution is -0.135. The van der Waals surface area contributed by atoms with Gasteiger partial charge in [0.25, 0.3) is 0 Å². The number of furan rings is 1. The van der Waals surface area contributed by atoms with Crippen molar-refractivity contribution in [3.05, 3.63) is 42.5 Å². The first kappa shape index (κ1) is 20.0. The minimum absolute atomic E-state index is 0.0632. The van der Waals surface area contributed by atoms with Crippen LogP contribution in [-0.4, -0.2) is 46.6 Å². The monoisotopic (exact) mass is 410 g/mol. The summed E-state index contributed by atoms with van der Waals surface area (Å²) in [6.45, 7) is 4.44. The number of aromatic amines is 1. The molecule has 1 aliphatic rings. The molecule has 1 aromatic carbocycles. The van der Waals surface area contributed by atoms with Gasteiger partial charge in [-0.2, -0.15) is 0 Å². The van der Waals surface area contributed by atoms with E-state index in [0.717, 1.165) is 40.9 Å². The van der Waals surface area contributed by atoms with Crippen LogP contribution in [0.15, 0.2) is 41.1 Å². The number of amides is 2. The van der Waals surface area contributed by atoms with Crippen LogP contribution in [0.4, 0.5) is 4.79 Å². The number of nitrogens with zero attached hydrogens (tertiary/aromatic N) is 2. The normalized spacial score (nSPS) is 17.5. The van der Waals surface area contributed by atoms with E-state index >= 15 is 0 Å². The molecule has 2 amide bonds. The van der Waals surface area contributed by atoms with Gasteiger partial charge in [-0.1, -0.05) is 13.8 Å². The highest BCUT2D eigenvalue weighted by Gasteiger charge is 2.37. The number of imidazole rings is 1. The number of likely N-dealkylation sites (tertiary alicyclic amines) is 1. The van der Waals surface area contributed by atoms with Crippen molar-refractivity contribution in [2.45, 2.75) is 38.8 Å². The molecule has 3 aromatic rings. The molecular weight excluding hydrogens is 384 g/mol. The highest BCUT2D eigenvalue weighted by atomic mass is 16.5. The predicted molar refractivity (Wildman–Crippen MR) is 112 cm³/mol. The summed E-state index contributed by atoms with van der Waals surface area (Å²) in [6.07, 6.45) is 4.57. The van der Waals surface area contributed by atoms with E-state index in [2.05, 4.69) is 20.0 Å². The van der Waals surface area contributed by atoms with Gasteiger partial charge >= 0.3 is 6.09 Å². The molecule has 2 aromatic heterocycles. The van der Waals surface area contributed by atoms with Gasteiger partial charge in [0.15, 0.2) is 0 Å². The fourth-order valence-electron chi connectivity index (χ4n) is 3.98. The number of carbonyl (C=O) groups excluding carboxylic acids is 2. The lowest BCUT2D eigenvalue weighted by Crippen LogP contribution is -2.51. The molecule has 2 unspecified atom stereocenters. The van der Waals surface area contributed by atoms with Gasteiger partial charge in [-0.05, 0) is 43.0 Å². The second-order valence-electron chi connectivity index (χ2n) is 7.90. The molecule has 1 aliphatic heterocycles. The summed E-state index contributed by atoms with van der Waals surface area (Å²) in [6, 6.07) is 7.09. The number of hydrogen-bond acceptors (Lipinski definition) is 5. The molecule has 0 aliphatic carbocycles. The Labute approximate surface area is 174 Å². The lowest BCUT2D eigenvalue weighted by Gasteiger charge is -2.30. The Bertz CT molecular complexity index is 1050. The van der Waals surface area contributed by atoms with Gasteiger partial charge in [-0.25, -0.2) is 9.78 Å². The maximum Gasteiger partial charge on any atom is 0.407 e. The number of carbonyl (C=O) groups is 2. The van der Waals surface area contributed by atoms with Crippen LogP contribution in [0, 0.1) is 5.92 Å². The fraction of sp³-hybridized carbons (Fsp3) is 0.409. The first-order valence-electron chi connectivity index (χ1n) is 10.2. The summed E-state index contributed by atoms with van der Waals surface area (Å²) < 4.78 is 10.1. The van der Waals surface area contributed by atoms with Crippen LogP contribution in [0.2, 0.25) is 0 Å². The third-order valence-electron chi connectivity index (χ3n) is 5.60. The van der Waals surface area contributed by atoms with Gasteiger partial charge in [0, 0.05) is 17.5 Å². The standard InChI is InChI=1S/C22H26N4O4/c1-13(2)19(25-22(28)29-3)21(27)26-9-4-5-17(26)20-23-12-16(24-20)14-6-7-18-15(11-14)8-10-30-18/h6-8,10-13,17,19H,4-5,9H2,1-3H3,(H,23,24)(H,25,28). The average molecular weight is 410 g/mol. The van der Waals surface area contributed by atoms with Crippen LogP contribution in [0.1, 0.15) is 38.6 Å². The highest BCUT2D eigenvalue weighted by molar-refractivity contribution is 5.86. The van der Waals surface area contributed by atoms with Crippen LogP contribution in [-0.2, 0) is 9.53 Å². The third kappa shape index (κ3) is 3.77. The molecule has 1 fully saturated rings. The van der Waals surface area contributed by atoms with E-state index in [1.54, 1.807) is 12.5 Å². The summed E-state index contributed by atoms with van der Waals surface area (Å²) in [4.78, 5) is 34.7. The zero-order chi connectivity index (χ0) is 21.3. The molecule has 0 bridgehead atoms.